The Morgan fingerprint density at radius 1 is 1.56 bits per heavy atom. The van der Waals surface area contributed by atoms with Gasteiger partial charge >= 0.3 is 0 Å². The van der Waals surface area contributed by atoms with E-state index in [-0.39, 0.29) is 11.5 Å². The normalized spacial score (nSPS) is 23.0. The Balaban J connectivity index is 2.24. The van der Waals surface area contributed by atoms with Crippen molar-refractivity contribution in [2.45, 2.75) is 46.1 Å². The first-order chi connectivity index (χ1) is 8.28. The third-order valence-corrected chi connectivity index (χ3v) is 4.09. The number of rotatable bonds is 2. The summed E-state index contributed by atoms with van der Waals surface area (Å²) in [6, 6.07) is 0.166. The second-order valence-electron chi connectivity index (χ2n) is 6.19. The fourth-order valence-corrected chi connectivity index (χ4v) is 3.21. The molecule has 0 bridgehead atoms. The summed E-state index contributed by atoms with van der Waals surface area (Å²) in [5, 5.41) is 5.10. The van der Waals surface area contributed by atoms with Crippen LogP contribution in [0.3, 0.4) is 0 Å². The van der Waals surface area contributed by atoms with Crippen molar-refractivity contribution < 1.29 is 0 Å². The van der Waals surface area contributed by atoms with Crippen LogP contribution in [-0.2, 0) is 13.5 Å². The maximum atomic E-state index is 6.28. The Kier molecular flexibility index (Phi) is 3.56. The number of hydrogen-bond acceptors (Lipinski definition) is 2. The van der Waals surface area contributed by atoms with E-state index in [4.69, 9.17) is 17.3 Å². The highest BCUT2D eigenvalue weighted by atomic mass is 35.5. The molecule has 100 valence electrons. The van der Waals surface area contributed by atoms with Gasteiger partial charge in [-0.2, -0.15) is 5.10 Å². The molecule has 0 aromatic carbocycles. The monoisotopic (exact) mass is 267 g/mol. The molecule has 0 amide bonds. The van der Waals surface area contributed by atoms with Crippen molar-refractivity contribution in [1.82, 2.24) is 9.78 Å². The third-order valence-electron chi connectivity index (χ3n) is 3.62. The second-order valence-corrected chi connectivity index (χ2v) is 6.55. The van der Waals surface area contributed by atoms with Crippen LogP contribution in [0.4, 0.5) is 0 Å². The standard InChI is InChI=1S/C14H22ClN3/c1-9-12(13(15)18(4)17-9)6-10-5-11(16)8-14(2,3)7-10/h5,11H,6-8,16H2,1-4H3. The molecule has 1 aliphatic carbocycles. The lowest BCUT2D eigenvalue weighted by Crippen LogP contribution is -2.31. The lowest BCUT2D eigenvalue weighted by atomic mass is 9.74. The van der Waals surface area contributed by atoms with Gasteiger partial charge in [0.1, 0.15) is 5.15 Å². The molecule has 1 aromatic rings. The summed E-state index contributed by atoms with van der Waals surface area (Å²) in [7, 11) is 1.88. The Morgan fingerprint density at radius 2 is 2.22 bits per heavy atom. The molecule has 1 heterocycles. The van der Waals surface area contributed by atoms with Crippen LogP contribution in [0.5, 0.6) is 0 Å². The number of nitrogens with two attached hydrogens (primary N) is 1. The van der Waals surface area contributed by atoms with Crippen LogP contribution in [0.15, 0.2) is 11.6 Å². The smallest absolute Gasteiger partial charge is 0.130 e. The van der Waals surface area contributed by atoms with Crippen LogP contribution in [-0.4, -0.2) is 15.8 Å². The van der Waals surface area contributed by atoms with Gasteiger partial charge in [-0.25, -0.2) is 0 Å². The van der Waals surface area contributed by atoms with Gasteiger partial charge < -0.3 is 5.73 Å². The minimum Gasteiger partial charge on any atom is -0.324 e. The van der Waals surface area contributed by atoms with Crippen molar-refractivity contribution >= 4 is 11.6 Å². The molecule has 0 saturated heterocycles. The molecule has 1 aromatic heterocycles. The van der Waals surface area contributed by atoms with Crippen LogP contribution < -0.4 is 5.73 Å². The Hall–Kier alpha value is -0.800. The number of nitrogens with zero attached hydrogens (tertiary/aromatic N) is 2. The molecule has 1 unspecified atom stereocenters. The molecule has 2 rings (SSSR count). The van der Waals surface area contributed by atoms with Crippen molar-refractivity contribution in [3.63, 3.8) is 0 Å². The fourth-order valence-electron chi connectivity index (χ4n) is 2.97. The van der Waals surface area contributed by atoms with Crippen molar-refractivity contribution in [3.8, 4) is 0 Å². The molecule has 1 aliphatic rings. The van der Waals surface area contributed by atoms with E-state index in [1.54, 1.807) is 4.68 Å². The number of allylic oxidation sites excluding steroid dienone is 1. The Labute approximate surface area is 114 Å². The Morgan fingerprint density at radius 3 is 2.72 bits per heavy atom. The summed E-state index contributed by atoms with van der Waals surface area (Å²) in [5.41, 5.74) is 9.92. The summed E-state index contributed by atoms with van der Waals surface area (Å²) in [5.74, 6) is 0. The van der Waals surface area contributed by atoms with Gasteiger partial charge in [0.05, 0.1) is 5.69 Å². The molecule has 0 fully saturated rings. The molecule has 0 aliphatic heterocycles. The van der Waals surface area contributed by atoms with Crippen LogP contribution in [0.1, 0.15) is 37.9 Å². The Bertz CT molecular complexity index is 485. The molecule has 0 spiro atoms. The SMILES string of the molecule is Cc1nn(C)c(Cl)c1CC1=CC(N)CC(C)(C)C1. The zero-order valence-electron chi connectivity index (χ0n) is 11.6. The van der Waals surface area contributed by atoms with Crippen molar-refractivity contribution in [1.29, 1.82) is 0 Å². The van der Waals surface area contributed by atoms with Gasteiger partial charge in [0, 0.05) is 18.7 Å². The third kappa shape index (κ3) is 2.78. The highest BCUT2D eigenvalue weighted by molar-refractivity contribution is 6.30. The summed E-state index contributed by atoms with van der Waals surface area (Å²) >= 11 is 6.28. The van der Waals surface area contributed by atoms with E-state index in [0.717, 1.165) is 35.7 Å². The molecule has 18 heavy (non-hydrogen) atoms. The second kappa shape index (κ2) is 4.71. The molecule has 4 heteroatoms. The summed E-state index contributed by atoms with van der Waals surface area (Å²) in [4.78, 5) is 0. The summed E-state index contributed by atoms with van der Waals surface area (Å²) in [6.07, 6.45) is 5.21. The topological polar surface area (TPSA) is 43.8 Å². The first-order valence-corrected chi connectivity index (χ1v) is 6.79. The van der Waals surface area contributed by atoms with E-state index >= 15 is 0 Å². The van der Waals surface area contributed by atoms with Gasteiger partial charge in [0.2, 0.25) is 0 Å². The zero-order valence-corrected chi connectivity index (χ0v) is 12.4. The highest BCUT2D eigenvalue weighted by Gasteiger charge is 2.27. The maximum absolute atomic E-state index is 6.28. The number of aryl methyl sites for hydroxylation is 2. The fraction of sp³-hybridized carbons (Fsp3) is 0.643. The van der Waals surface area contributed by atoms with Gasteiger partial charge in [0.15, 0.2) is 0 Å². The minimum atomic E-state index is 0.166. The first kappa shape index (κ1) is 13.6. The van der Waals surface area contributed by atoms with Gasteiger partial charge in [0.25, 0.3) is 0 Å². The van der Waals surface area contributed by atoms with E-state index in [2.05, 4.69) is 25.0 Å². The van der Waals surface area contributed by atoms with Gasteiger partial charge in [-0.1, -0.05) is 37.1 Å². The predicted molar refractivity (Wildman–Crippen MR) is 75.7 cm³/mol. The van der Waals surface area contributed by atoms with Crippen molar-refractivity contribution in [2.24, 2.45) is 18.2 Å². The lowest BCUT2D eigenvalue weighted by molar-refractivity contribution is 0.299. The van der Waals surface area contributed by atoms with E-state index < -0.39 is 0 Å². The molecular formula is C14H22ClN3. The first-order valence-electron chi connectivity index (χ1n) is 6.41. The average molecular weight is 268 g/mol. The molecule has 1 atom stereocenters. The molecular weight excluding hydrogens is 246 g/mol. The summed E-state index contributed by atoms with van der Waals surface area (Å²) in [6.45, 7) is 6.56. The van der Waals surface area contributed by atoms with E-state index in [9.17, 15) is 0 Å². The number of aromatic nitrogens is 2. The van der Waals surface area contributed by atoms with Crippen LogP contribution in [0.25, 0.3) is 0 Å². The minimum absolute atomic E-state index is 0.166. The predicted octanol–water partition coefficient (Wildman–Crippen LogP) is 3.00. The van der Waals surface area contributed by atoms with Crippen molar-refractivity contribution in [2.75, 3.05) is 0 Å². The summed E-state index contributed by atoms with van der Waals surface area (Å²) < 4.78 is 1.74. The van der Waals surface area contributed by atoms with E-state index in [1.165, 1.54) is 5.57 Å². The molecule has 0 saturated carbocycles. The van der Waals surface area contributed by atoms with Crippen LogP contribution in [0, 0.1) is 12.3 Å². The van der Waals surface area contributed by atoms with E-state index in [0.29, 0.717) is 0 Å². The largest absolute Gasteiger partial charge is 0.324 e. The van der Waals surface area contributed by atoms with Crippen molar-refractivity contribution in [3.05, 3.63) is 28.1 Å². The molecule has 3 nitrogen and oxygen atoms in total. The highest BCUT2D eigenvalue weighted by Crippen LogP contribution is 2.37. The maximum Gasteiger partial charge on any atom is 0.130 e. The van der Waals surface area contributed by atoms with Gasteiger partial charge in [-0.05, 0) is 31.6 Å². The average Bonchev–Trinajstić information content (AvgIpc) is 2.42. The lowest BCUT2D eigenvalue weighted by Gasteiger charge is -2.33. The number of hydrogen-bond donors (Lipinski definition) is 1. The quantitative estimate of drug-likeness (QED) is 0.837. The van der Waals surface area contributed by atoms with E-state index in [1.807, 2.05) is 14.0 Å². The zero-order chi connectivity index (χ0) is 13.5. The van der Waals surface area contributed by atoms with Gasteiger partial charge in [-0.3, -0.25) is 4.68 Å². The van der Waals surface area contributed by atoms with Crippen LogP contribution in [0.2, 0.25) is 5.15 Å². The van der Waals surface area contributed by atoms with Crippen LogP contribution >= 0.6 is 11.6 Å². The molecule has 0 radical (unpaired) electrons. The molecule has 2 N–H and O–H groups in total. The number of halogens is 1. The van der Waals surface area contributed by atoms with Gasteiger partial charge in [-0.15, -0.1) is 0 Å².